The Morgan fingerprint density at radius 2 is 1.68 bits per heavy atom. The van der Waals surface area contributed by atoms with Gasteiger partial charge in [0.1, 0.15) is 6.10 Å². The molecular weight excluding hydrogens is 312 g/mol. The van der Waals surface area contributed by atoms with Gasteiger partial charge in [-0.2, -0.15) is 0 Å². The lowest BCUT2D eigenvalue weighted by Crippen LogP contribution is -2.29. The third-order valence-corrected chi connectivity index (χ3v) is 3.65. The van der Waals surface area contributed by atoms with Gasteiger partial charge in [0.05, 0.1) is 6.26 Å². The van der Waals surface area contributed by atoms with E-state index < -0.39 is 34.1 Å². The fourth-order valence-corrected chi connectivity index (χ4v) is 2.63. The van der Waals surface area contributed by atoms with Crippen molar-refractivity contribution in [3.05, 3.63) is 24.3 Å². The molecule has 0 aliphatic carbocycles. The van der Waals surface area contributed by atoms with Gasteiger partial charge in [-0.3, -0.25) is 9.52 Å². The molecule has 0 spiro atoms. The van der Waals surface area contributed by atoms with Crippen molar-refractivity contribution in [1.82, 2.24) is 0 Å². The summed E-state index contributed by atoms with van der Waals surface area (Å²) in [5.41, 5.74) is 0.843. The van der Waals surface area contributed by atoms with E-state index in [1.807, 2.05) is 0 Å². The minimum absolute atomic E-state index is 0.296. The van der Waals surface area contributed by atoms with E-state index in [-0.39, 0.29) is 0 Å². The maximum Gasteiger partial charge on any atom is 0.332 e. The SMILES string of the molecule is CS(=O)(=O)Nc1ccc(NC(=O)[C@@H]2CC[C@H](C(=O)O)O2)cc1. The van der Waals surface area contributed by atoms with Crippen LogP contribution in [0.1, 0.15) is 12.8 Å². The molecule has 1 aromatic rings. The van der Waals surface area contributed by atoms with Crippen LogP contribution in [0.5, 0.6) is 0 Å². The Hall–Kier alpha value is -2.13. The second-order valence-electron chi connectivity index (χ2n) is 4.97. The summed E-state index contributed by atoms with van der Waals surface area (Å²) in [4.78, 5) is 22.7. The molecule has 120 valence electrons. The number of aliphatic carboxylic acids is 1. The van der Waals surface area contributed by atoms with Crippen LogP contribution in [0.15, 0.2) is 24.3 Å². The van der Waals surface area contributed by atoms with Gasteiger partial charge in [0, 0.05) is 11.4 Å². The van der Waals surface area contributed by atoms with Gasteiger partial charge in [-0.15, -0.1) is 0 Å². The molecule has 1 saturated heterocycles. The lowest BCUT2D eigenvalue weighted by molar-refractivity contribution is -0.150. The average molecular weight is 328 g/mol. The first kappa shape index (κ1) is 16.2. The van der Waals surface area contributed by atoms with Crippen LogP contribution in [-0.4, -0.2) is 43.9 Å². The molecule has 1 amide bonds. The quantitative estimate of drug-likeness (QED) is 0.729. The summed E-state index contributed by atoms with van der Waals surface area (Å²) in [5, 5.41) is 11.4. The number of carboxylic acid groups (broad SMARTS) is 1. The van der Waals surface area contributed by atoms with Crippen LogP contribution in [0.2, 0.25) is 0 Å². The van der Waals surface area contributed by atoms with E-state index in [9.17, 15) is 18.0 Å². The number of hydrogen-bond donors (Lipinski definition) is 3. The van der Waals surface area contributed by atoms with Crippen LogP contribution >= 0.6 is 0 Å². The van der Waals surface area contributed by atoms with Crippen molar-refractivity contribution in [2.75, 3.05) is 16.3 Å². The molecule has 3 N–H and O–H groups in total. The molecule has 0 aromatic heterocycles. The number of carboxylic acids is 1. The van der Waals surface area contributed by atoms with Crippen molar-refractivity contribution < 1.29 is 27.9 Å². The third kappa shape index (κ3) is 4.43. The van der Waals surface area contributed by atoms with E-state index in [0.29, 0.717) is 24.2 Å². The predicted molar refractivity (Wildman–Crippen MR) is 79.1 cm³/mol. The molecule has 22 heavy (non-hydrogen) atoms. The number of sulfonamides is 1. The van der Waals surface area contributed by atoms with Crippen molar-refractivity contribution in [3.8, 4) is 0 Å². The molecule has 2 rings (SSSR count). The number of carbonyl (C=O) groups is 2. The smallest absolute Gasteiger partial charge is 0.332 e. The highest BCUT2D eigenvalue weighted by Crippen LogP contribution is 2.22. The molecule has 0 radical (unpaired) electrons. The van der Waals surface area contributed by atoms with E-state index in [0.717, 1.165) is 6.26 Å². The van der Waals surface area contributed by atoms with Crippen molar-refractivity contribution in [3.63, 3.8) is 0 Å². The van der Waals surface area contributed by atoms with E-state index in [1.54, 1.807) is 0 Å². The maximum atomic E-state index is 12.0. The molecule has 1 aliphatic rings. The highest BCUT2D eigenvalue weighted by molar-refractivity contribution is 7.92. The molecule has 1 fully saturated rings. The normalized spacial score (nSPS) is 21.3. The fourth-order valence-electron chi connectivity index (χ4n) is 2.07. The first-order chi connectivity index (χ1) is 10.2. The number of hydrogen-bond acceptors (Lipinski definition) is 5. The Kier molecular flexibility index (Phi) is 4.67. The van der Waals surface area contributed by atoms with Crippen LogP contribution in [0.4, 0.5) is 11.4 Å². The summed E-state index contributed by atoms with van der Waals surface area (Å²) in [6, 6.07) is 6.09. The molecule has 2 atom stereocenters. The summed E-state index contributed by atoms with van der Waals surface area (Å²) < 4.78 is 29.6. The fraction of sp³-hybridized carbons (Fsp3) is 0.385. The Morgan fingerprint density at radius 1 is 1.14 bits per heavy atom. The Balaban J connectivity index is 1.94. The minimum Gasteiger partial charge on any atom is -0.479 e. The number of benzene rings is 1. The third-order valence-electron chi connectivity index (χ3n) is 3.04. The molecule has 1 aromatic carbocycles. The molecule has 9 heteroatoms. The zero-order valence-electron chi connectivity index (χ0n) is 11.8. The predicted octanol–water partition coefficient (Wildman–Crippen LogP) is 0.629. The van der Waals surface area contributed by atoms with Crippen LogP contribution in [0.25, 0.3) is 0 Å². The largest absolute Gasteiger partial charge is 0.479 e. The van der Waals surface area contributed by atoms with Gasteiger partial charge in [-0.05, 0) is 37.1 Å². The summed E-state index contributed by atoms with van der Waals surface area (Å²) in [5.74, 6) is -1.50. The van der Waals surface area contributed by atoms with E-state index in [1.165, 1.54) is 24.3 Å². The topological polar surface area (TPSA) is 122 Å². The van der Waals surface area contributed by atoms with Crippen molar-refractivity contribution >= 4 is 33.3 Å². The minimum atomic E-state index is -3.35. The van der Waals surface area contributed by atoms with Gasteiger partial charge in [0.15, 0.2) is 6.10 Å². The number of nitrogens with one attached hydrogen (secondary N) is 2. The number of carbonyl (C=O) groups excluding carboxylic acids is 1. The van der Waals surface area contributed by atoms with Crippen molar-refractivity contribution in [2.45, 2.75) is 25.0 Å². The van der Waals surface area contributed by atoms with Crippen LogP contribution in [-0.2, 0) is 24.3 Å². The van der Waals surface area contributed by atoms with Gasteiger partial charge >= 0.3 is 5.97 Å². The number of rotatable bonds is 5. The summed E-state index contributed by atoms with van der Waals surface area (Å²) >= 11 is 0. The van der Waals surface area contributed by atoms with Gasteiger partial charge in [-0.25, -0.2) is 13.2 Å². The zero-order chi connectivity index (χ0) is 16.3. The molecule has 1 aliphatic heterocycles. The summed E-state index contributed by atoms with van der Waals surface area (Å²) in [6.45, 7) is 0. The van der Waals surface area contributed by atoms with Gasteiger partial charge in [0.25, 0.3) is 5.91 Å². The highest BCUT2D eigenvalue weighted by Gasteiger charge is 2.34. The van der Waals surface area contributed by atoms with Gasteiger partial charge in [-0.1, -0.05) is 0 Å². The van der Waals surface area contributed by atoms with E-state index in [4.69, 9.17) is 9.84 Å². The van der Waals surface area contributed by atoms with Crippen LogP contribution in [0.3, 0.4) is 0 Å². The number of amides is 1. The zero-order valence-corrected chi connectivity index (χ0v) is 12.6. The molecule has 0 unspecified atom stereocenters. The Labute approximate surface area is 127 Å². The number of ether oxygens (including phenoxy) is 1. The van der Waals surface area contributed by atoms with E-state index >= 15 is 0 Å². The second-order valence-corrected chi connectivity index (χ2v) is 6.72. The van der Waals surface area contributed by atoms with Gasteiger partial charge < -0.3 is 15.2 Å². The molecular formula is C13H16N2O6S. The second kappa shape index (κ2) is 6.32. The summed E-state index contributed by atoms with van der Waals surface area (Å²) in [6.07, 6.45) is -0.0628. The number of anilines is 2. The lowest BCUT2D eigenvalue weighted by atomic mass is 10.2. The standard InChI is InChI=1S/C13H16N2O6S/c1-22(19,20)15-9-4-2-8(3-5-9)14-12(16)10-6-7-11(21-10)13(17)18/h2-5,10-11,15H,6-7H2,1H3,(H,14,16)(H,17,18)/t10-,11+/m0/s1. The first-order valence-electron chi connectivity index (χ1n) is 6.51. The van der Waals surface area contributed by atoms with E-state index in [2.05, 4.69) is 10.0 Å². The molecule has 1 heterocycles. The first-order valence-corrected chi connectivity index (χ1v) is 8.41. The van der Waals surface area contributed by atoms with Crippen molar-refractivity contribution in [1.29, 1.82) is 0 Å². The van der Waals surface area contributed by atoms with Crippen molar-refractivity contribution in [2.24, 2.45) is 0 Å². The van der Waals surface area contributed by atoms with Crippen LogP contribution < -0.4 is 10.0 Å². The molecule has 0 bridgehead atoms. The Morgan fingerprint density at radius 3 is 2.18 bits per heavy atom. The monoisotopic (exact) mass is 328 g/mol. The maximum absolute atomic E-state index is 12.0. The lowest BCUT2D eigenvalue weighted by Gasteiger charge is -2.12. The Bertz CT molecular complexity index is 670. The highest BCUT2D eigenvalue weighted by atomic mass is 32.2. The van der Waals surface area contributed by atoms with Crippen LogP contribution in [0, 0.1) is 0 Å². The molecule has 0 saturated carbocycles. The van der Waals surface area contributed by atoms with Gasteiger partial charge in [0.2, 0.25) is 10.0 Å². The average Bonchev–Trinajstić information content (AvgIpc) is 2.89. The molecule has 8 nitrogen and oxygen atoms in total. The summed E-state index contributed by atoms with van der Waals surface area (Å²) in [7, 11) is -3.35.